The van der Waals surface area contributed by atoms with E-state index in [4.69, 9.17) is 4.74 Å². The van der Waals surface area contributed by atoms with Crippen LogP contribution >= 0.6 is 0 Å². The van der Waals surface area contributed by atoms with E-state index >= 15 is 0 Å². The standard InChI is InChI=1S/C20H27NO2/c1-12-9-16-15(10-17(12)23-4)19(22)18-13(2)20(16,3)7-8-21(18)11-14-5-6-14/h9-10,13-14,18H,5-8,11H2,1-4H3/t13-,18-,20-/m0/s1. The van der Waals surface area contributed by atoms with Crippen molar-refractivity contribution in [2.75, 3.05) is 20.2 Å². The molecule has 124 valence electrons. The van der Waals surface area contributed by atoms with Crippen LogP contribution in [0, 0.1) is 18.8 Å². The third-order valence-corrected chi connectivity index (χ3v) is 6.66. The van der Waals surface area contributed by atoms with Gasteiger partial charge >= 0.3 is 0 Å². The third kappa shape index (κ3) is 2.16. The fourth-order valence-electron chi connectivity index (χ4n) is 4.76. The van der Waals surface area contributed by atoms with E-state index in [0.717, 1.165) is 42.3 Å². The summed E-state index contributed by atoms with van der Waals surface area (Å²) < 4.78 is 5.48. The summed E-state index contributed by atoms with van der Waals surface area (Å²) >= 11 is 0. The number of ether oxygens (including phenoxy) is 1. The molecule has 3 nitrogen and oxygen atoms in total. The molecule has 1 saturated heterocycles. The number of Topliss-reactive ketones (excluding diaryl/α,β-unsaturated/α-hetero) is 1. The molecule has 23 heavy (non-hydrogen) atoms. The number of carbonyl (C=O) groups is 1. The van der Waals surface area contributed by atoms with Gasteiger partial charge in [0.05, 0.1) is 13.2 Å². The molecular formula is C20H27NO2. The average molecular weight is 313 g/mol. The van der Waals surface area contributed by atoms with Crippen LogP contribution in [0.25, 0.3) is 0 Å². The van der Waals surface area contributed by atoms with Gasteiger partial charge < -0.3 is 4.74 Å². The molecule has 1 saturated carbocycles. The normalized spacial score (nSPS) is 33.5. The van der Waals surface area contributed by atoms with Crippen LogP contribution in [0.4, 0.5) is 0 Å². The van der Waals surface area contributed by atoms with Crippen molar-refractivity contribution in [1.82, 2.24) is 4.90 Å². The Hall–Kier alpha value is -1.35. The van der Waals surface area contributed by atoms with Crippen molar-refractivity contribution in [2.24, 2.45) is 11.8 Å². The second kappa shape index (κ2) is 5.07. The number of fused-ring (bicyclic) bond motifs is 4. The molecule has 3 atom stereocenters. The summed E-state index contributed by atoms with van der Waals surface area (Å²) in [5.74, 6) is 2.35. The van der Waals surface area contributed by atoms with Crippen LogP contribution in [0.3, 0.4) is 0 Å². The molecule has 0 amide bonds. The van der Waals surface area contributed by atoms with Crippen LogP contribution in [0.15, 0.2) is 12.1 Å². The Balaban J connectivity index is 1.81. The Morgan fingerprint density at radius 3 is 2.74 bits per heavy atom. The number of hydrogen-bond donors (Lipinski definition) is 0. The summed E-state index contributed by atoms with van der Waals surface area (Å²) in [6.07, 6.45) is 3.82. The van der Waals surface area contributed by atoms with Crippen molar-refractivity contribution >= 4 is 5.78 Å². The SMILES string of the molecule is COc1cc2c(cc1C)[C@@]1(C)CCN(CC3CC3)[C@H](C2=O)[C@@H]1C. The molecule has 1 aromatic carbocycles. The van der Waals surface area contributed by atoms with Gasteiger partial charge in [-0.05, 0) is 67.2 Å². The van der Waals surface area contributed by atoms with Crippen LogP contribution in [0.1, 0.15) is 54.6 Å². The van der Waals surface area contributed by atoms with E-state index in [9.17, 15) is 4.79 Å². The second-order valence-corrected chi connectivity index (χ2v) is 8.07. The van der Waals surface area contributed by atoms with Crippen LogP contribution < -0.4 is 4.74 Å². The monoisotopic (exact) mass is 313 g/mol. The molecule has 0 aromatic heterocycles. The molecular weight excluding hydrogens is 286 g/mol. The largest absolute Gasteiger partial charge is 0.496 e. The van der Waals surface area contributed by atoms with Crippen LogP contribution in [-0.2, 0) is 5.41 Å². The predicted molar refractivity (Wildman–Crippen MR) is 91.3 cm³/mol. The van der Waals surface area contributed by atoms with Crippen LogP contribution in [-0.4, -0.2) is 36.9 Å². The maximum absolute atomic E-state index is 13.3. The zero-order chi connectivity index (χ0) is 16.4. The van der Waals surface area contributed by atoms with Gasteiger partial charge in [0, 0.05) is 12.1 Å². The van der Waals surface area contributed by atoms with Crippen molar-refractivity contribution in [3.05, 3.63) is 28.8 Å². The van der Waals surface area contributed by atoms with Crippen LogP contribution in [0.2, 0.25) is 0 Å². The number of benzene rings is 1. The van der Waals surface area contributed by atoms with Crippen molar-refractivity contribution < 1.29 is 9.53 Å². The first kappa shape index (κ1) is 15.2. The highest BCUT2D eigenvalue weighted by Gasteiger charge is 2.53. The maximum Gasteiger partial charge on any atom is 0.180 e. The molecule has 3 aliphatic rings. The highest BCUT2D eigenvalue weighted by Crippen LogP contribution is 2.50. The number of likely N-dealkylation sites (tertiary alicyclic amines) is 1. The highest BCUT2D eigenvalue weighted by molar-refractivity contribution is 6.04. The summed E-state index contributed by atoms with van der Waals surface area (Å²) in [5.41, 5.74) is 3.38. The number of hydrogen-bond acceptors (Lipinski definition) is 3. The highest BCUT2D eigenvalue weighted by atomic mass is 16.5. The first-order chi connectivity index (χ1) is 11.0. The molecule has 1 heterocycles. The molecule has 1 aliphatic heterocycles. The summed E-state index contributed by atoms with van der Waals surface area (Å²) in [6, 6.07) is 4.24. The lowest BCUT2D eigenvalue weighted by Crippen LogP contribution is -2.61. The van der Waals surface area contributed by atoms with E-state index in [1.807, 2.05) is 6.07 Å². The van der Waals surface area contributed by atoms with Gasteiger partial charge in [-0.15, -0.1) is 0 Å². The van der Waals surface area contributed by atoms with Gasteiger partial charge in [0.25, 0.3) is 0 Å². The van der Waals surface area contributed by atoms with Crippen LogP contribution in [0.5, 0.6) is 5.75 Å². The third-order valence-electron chi connectivity index (χ3n) is 6.66. The van der Waals surface area contributed by atoms with E-state index in [1.54, 1.807) is 7.11 Å². The lowest BCUT2D eigenvalue weighted by Gasteiger charge is -2.53. The molecule has 0 unspecified atom stereocenters. The number of piperidine rings is 1. The fraction of sp³-hybridized carbons (Fsp3) is 0.650. The van der Waals surface area contributed by atoms with E-state index < -0.39 is 0 Å². The van der Waals surface area contributed by atoms with Gasteiger partial charge in [-0.2, -0.15) is 0 Å². The molecule has 2 bridgehead atoms. The number of carbonyl (C=O) groups excluding carboxylic acids is 1. The molecule has 4 rings (SSSR count). The number of nitrogens with zero attached hydrogens (tertiary/aromatic N) is 1. The predicted octanol–water partition coefficient (Wildman–Crippen LogP) is 3.58. The van der Waals surface area contributed by atoms with Crippen molar-refractivity contribution in [3.63, 3.8) is 0 Å². The van der Waals surface area contributed by atoms with Crippen molar-refractivity contribution in [2.45, 2.75) is 51.5 Å². The Kier molecular flexibility index (Phi) is 3.35. The maximum atomic E-state index is 13.3. The second-order valence-electron chi connectivity index (χ2n) is 8.07. The Morgan fingerprint density at radius 1 is 1.35 bits per heavy atom. The minimum Gasteiger partial charge on any atom is -0.496 e. The number of methoxy groups -OCH3 is 1. The van der Waals surface area contributed by atoms with Gasteiger partial charge in [-0.1, -0.05) is 19.9 Å². The van der Waals surface area contributed by atoms with E-state index in [-0.39, 0.29) is 11.5 Å². The first-order valence-corrected chi connectivity index (χ1v) is 8.93. The molecule has 0 radical (unpaired) electrons. The summed E-state index contributed by atoms with van der Waals surface area (Å²) in [6.45, 7) is 8.87. The smallest absolute Gasteiger partial charge is 0.180 e. The molecule has 1 aromatic rings. The van der Waals surface area contributed by atoms with Crippen molar-refractivity contribution in [3.8, 4) is 5.75 Å². The van der Waals surface area contributed by atoms with Gasteiger partial charge in [0.1, 0.15) is 5.75 Å². The van der Waals surface area contributed by atoms with E-state index in [0.29, 0.717) is 11.7 Å². The molecule has 0 N–H and O–H groups in total. The lowest BCUT2D eigenvalue weighted by molar-refractivity contribution is 0.0265. The fourth-order valence-corrected chi connectivity index (χ4v) is 4.76. The Morgan fingerprint density at radius 2 is 2.09 bits per heavy atom. The first-order valence-electron chi connectivity index (χ1n) is 8.93. The van der Waals surface area contributed by atoms with E-state index in [1.165, 1.54) is 18.4 Å². The Bertz CT molecular complexity index is 664. The molecule has 0 spiro atoms. The molecule has 2 fully saturated rings. The number of rotatable bonds is 3. The summed E-state index contributed by atoms with van der Waals surface area (Å²) in [5, 5.41) is 0. The minimum atomic E-state index is 0.0502. The van der Waals surface area contributed by atoms with Crippen molar-refractivity contribution in [1.29, 1.82) is 0 Å². The zero-order valence-corrected chi connectivity index (χ0v) is 14.7. The number of ketones is 1. The summed E-state index contributed by atoms with van der Waals surface area (Å²) in [7, 11) is 1.69. The quantitative estimate of drug-likeness (QED) is 0.854. The zero-order valence-electron chi connectivity index (χ0n) is 14.7. The molecule has 3 heteroatoms. The average Bonchev–Trinajstić information content (AvgIpc) is 3.33. The topological polar surface area (TPSA) is 29.5 Å². The van der Waals surface area contributed by atoms with Gasteiger partial charge in [0.2, 0.25) is 0 Å². The minimum absolute atomic E-state index is 0.0502. The molecule has 2 aliphatic carbocycles. The van der Waals surface area contributed by atoms with Gasteiger partial charge in [0.15, 0.2) is 5.78 Å². The van der Waals surface area contributed by atoms with Gasteiger partial charge in [-0.3, -0.25) is 9.69 Å². The summed E-state index contributed by atoms with van der Waals surface area (Å²) in [4.78, 5) is 15.7. The van der Waals surface area contributed by atoms with Gasteiger partial charge in [-0.25, -0.2) is 0 Å². The Labute approximate surface area is 139 Å². The number of aryl methyl sites for hydroxylation is 1. The lowest BCUT2D eigenvalue weighted by atomic mass is 9.58. The van der Waals surface area contributed by atoms with E-state index in [2.05, 4.69) is 31.7 Å².